The molecular formula is C23H34N4O2. The van der Waals surface area contributed by atoms with Crippen molar-refractivity contribution in [3.63, 3.8) is 0 Å². The topological polar surface area (TPSA) is 71.6 Å². The lowest BCUT2D eigenvalue weighted by molar-refractivity contribution is 0.102. The van der Waals surface area contributed by atoms with Crippen molar-refractivity contribution in [3.8, 4) is 0 Å². The van der Waals surface area contributed by atoms with Gasteiger partial charge >= 0.3 is 6.03 Å². The number of likely N-dealkylation sites (N-methyl/N-ethyl adjacent to an activating group) is 1. The maximum Gasteiger partial charge on any atom is 0.317 e. The van der Waals surface area contributed by atoms with Crippen LogP contribution in [-0.4, -0.2) is 64.2 Å². The lowest BCUT2D eigenvalue weighted by Crippen LogP contribution is -2.57. The molecule has 0 spiro atoms. The number of likely N-dealkylation sites (tertiary alicyclic amines) is 1. The number of urea groups is 1. The molecule has 1 unspecified atom stereocenters. The Balaban J connectivity index is 1.68. The fourth-order valence-electron chi connectivity index (χ4n) is 5.51. The summed E-state index contributed by atoms with van der Waals surface area (Å²) in [5, 5.41) is 14.9. The quantitative estimate of drug-likeness (QED) is 0.723. The summed E-state index contributed by atoms with van der Waals surface area (Å²) in [6, 6.07) is 7.06. The van der Waals surface area contributed by atoms with Crippen molar-refractivity contribution in [2.45, 2.75) is 64.6 Å². The number of carbonyl (C=O) groups is 1. The highest BCUT2D eigenvalue weighted by Crippen LogP contribution is 2.45. The molecule has 4 atom stereocenters. The number of aliphatic hydroxyl groups excluding tert-OH is 1. The molecule has 1 aromatic carbocycles. The first-order valence-electron chi connectivity index (χ1n) is 11.1. The SMILES string of the molecule is CCN(CC)C(=O)N[C@H]1C[C@@H]2c3cccc4[nH]c(C(C)O)c(c34)C[C@H]2N(CC)C1. The molecule has 2 aliphatic rings. The first-order chi connectivity index (χ1) is 14.0. The number of aromatic amines is 1. The standard InChI is InChI=1S/C23H34N4O2/c1-5-26(6-2)23(29)24-15-11-17-16-9-8-10-19-21(16)18(22(25-19)14(4)28)12-20(17)27(7-3)13-15/h8-10,14-15,17,20,25,28H,5-7,11-13H2,1-4H3,(H,24,29)/t14?,15-,17+,20+/m0/s1. The van der Waals surface area contributed by atoms with E-state index >= 15 is 0 Å². The molecule has 2 amide bonds. The van der Waals surface area contributed by atoms with Crippen LogP contribution in [-0.2, 0) is 6.42 Å². The number of hydrogen-bond donors (Lipinski definition) is 3. The van der Waals surface area contributed by atoms with E-state index in [1.165, 1.54) is 16.5 Å². The highest BCUT2D eigenvalue weighted by Gasteiger charge is 2.41. The number of rotatable bonds is 5. The Morgan fingerprint density at radius 3 is 2.76 bits per heavy atom. The second kappa shape index (κ2) is 8.00. The molecule has 1 aromatic heterocycles. The van der Waals surface area contributed by atoms with Gasteiger partial charge in [0.2, 0.25) is 0 Å². The molecule has 2 heterocycles. The number of fused-ring (bicyclic) bond motifs is 2. The van der Waals surface area contributed by atoms with Gasteiger partial charge in [-0.1, -0.05) is 19.1 Å². The van der Waals surface area contributed by atoms with Crippen LogP contribution >= 0.6 is 0 Å². The summed E-state index contributed by atoms with van der Waals surface area (Å²) in [5.41, 5.74) is 4.70. The van der Waals surface area contributed by atoms with E-state index in [4.69, 9.17) is 0 Å². The van der Waals surface area contributed by atoms with Gasteiger partial charge in [-0.2, -0.15) is 0 Å². The molecule has 4 rings (SSSR count). The van der Waals surface area contributed by atoms with Crippen LogP contribution in [0.15, 0.2) is 18.2 Å². The van der Waals surface area contributed by atoms with Gasteiger partial charge < -0.3 is 20.3 Å². The smallest absolute Gasteiger partial charge is 0.317 e. The van der Waals surface area contributed by atoms with Gasteiger partial charge in [-0.15, -0.1) is 0 Å². The van der Waals surface area contributed by atoms with Crippen molar-refractivity contribution in [2.75, 3.05) is 26.2 Å². The third kappa shape index (κ3) is 3.42. The third-order valence-corrected chi connectivity index (χ3v) is 6.93. The zero-order valence-corrected chi connectivity index (χ0v) is 18.0. The molecule has 1 saturated heterocycles. The highest BCUT2D eigenvalue weighted by atomic mass is 16.3. The minimum atomic E-state index is -0.499. The Kier molecular flexibility index (Phi) is 5.58. The van der Waals surface area contributed by atoms with Crippen molar-refractivity contribution < 1.29 is 9.90 Å². The summed E-state index contributed by atoms with van der Waals surface area (Å²) in [4.78, 5) is 20.5. The molecule has 1 aliphatic carbocycles. The second-order valence-corrected chi connectivity index (χ2v) is 8.48. The number of carbonyl (C=O) groups excluding carboxylic acids is 1. The monoisotopic (exact) mass is 398 g/mol. The minimum Gasteiger partial charge on any atom is -0.387 e. The Morgan fingerprint density at radius 1 is 1.34 bits per heavy atom. The van der Waals surface area contributed by atoms with Gasteiger partial charge in [-0.05, 0) is 57.4 Å². The van der Waals surface area contributed by atoms with Gasteiger partial charge in [0.1, 0.15) is 0 Å². The van der Waals surface area contributed by atoms with E-state index in [1.807, 2.05) is 25.7 Å². The number of piperidine rings is 1. The Labute approximate surface area is 173 Å². The lowest BCUT2D eigenvalue weighted by atomic mass is 9.73. The zero-order chi connectivity index (χ0) is 20.7. The number of hydrogen-bond acceptors (Lipinski definition) is 3. The van der Waals surface area contributed by atoms with Crippen LogP contribution in [0.3, 0.4) is 0 Å². The molecular weight excluding hydrogens is 364 g/mol. The van der Waals surface area contributed by atoms with Crippen LogP contribution in [0.25, 0.3) is 10.9 Å². The molecule has 2 aromatic rings. The van der Waals surface area contributed by atoms with Crippen molar-refractivity contribution in [2.24, 2.45) is 0 Å². The van der Waals surface area contributed by atoms with Gasteiger partial charge in [-0.25, -0.2) is 4.79 Å². The summed E-state index contributed by atoms with van der Waals surface area (Å²) in [5.74, 6) is 0.388. The molecule has 1 fully saturated rings. The Morgan fingerprint density at radius 2 is 2.10 bits per heavy atom. The summed E-state index contributed by atoms with van der Waals surface area (Å²) < 4.78 is 0. The van der Waals surface area contributed by atoms with Gasteiger partial charge in [0.15, 0.2) is 0 Å². The minimum absolute atomic E-state index is 0.0437. The van der Waals surface area contributed by atoms with E-state index in [0.29, 0.717) is 12.0 Å². The number of H-pyrrole nitrogens is 1. The number of amides is 2. The molecule has 3 N–H and O–H groups in total. The van der Waals surface area contributed by atoms with Crippen LogP contribution < -0.4 is 5.32 Å². The normalized spacial score (nSPS) is 24.9. The van der Waals surface area contributed by atoms with Gasteiger partial charge in [0.05, 0.1) is 6.10 Å². The first kappa shape index (κ1) is 20.2. The van der Waals surface area contributed by atoms with Crippen LogP contribution in [0, 0.1) is 0 Å². The maximum absolute atomic E-state index is 12.7. The van der Waals surface area contributed by atoms with Crippen LogP contribution in [0.1, 0.15) is 63.0 Å². The summed E-state index contributed by atoms with van der Waals surface area (Å²) in [7, 11) is 0. The predicted molar refractivity (Wildman–Crippen MR) is 116 cm³/mol. The van der Waals surface area contributed by atoms with Crippen LogP contribution in [0.5, 0.6) is 0 Å². The van der Waals surface area contributed by atoms with Crippen molar-refractivity contribution in [3.05, 3.63) is 35.0 Å². The third-order valence-electron chi connectivity index (χ3n) is 6.93. The van der Waals surface area contributed by atoms with Crippen LogP contribution in [0.2, 0.25) is 0 Å². The van der Waals surface area contributed by atoms with E-state index in [0.717, 1.165) is 50.2 Å². The van der Waals surface area contributed by atoms with Crippen molar-refractivity contribution >= 4 is 16.9 Å². The molecule has 6 heteroatoms. The summed E-state index contributed by atoms with van der Waals surface area (Å²) >= 11 is 0. The van der Waals surface area contributed by atoms with Crippen molar-refractivity contribution in [1.82, 2.24) is 20.1 Å². The first-order valence-corrected chi connectivity index (χ1v) is 11.1. The lowest BCUT2D eigenvalue weighted by Gasteiger charge is -2.47. The van der Waals surface area contributed by atoms with Gasteiger partial charge in [0, 0.05) is 54.2 Å². The van der Waals surface area contributed by atoms with E-state index < -0.39 is 6.10 Å². The van der Waals surface area contributed by atoms with Gasteiger partial charge in [-0.3, -0.25) is 4.90 Å². The summed E-state index contributed by atoms with van der Waals surface area (Å²) in [6.07, 6.45) is 1.41. The Bertz CT molecular complexity index is 886. The molecule has 158 valence electrons. The number of nitrogens with zero attached hydrogens (tertiary/aromatic N) is 2. The Hall–Kier alpha value is -2.05. The van der Waals surface area contributed by atoms with E-state index in [2.05, 4.69) is 40.3 Å². The molecule has 1 aliphatic heterocycles. The molecule has 6 nitrogen and oxygen atoms in total. The summed E-state index contributed by atoms with van der Waals surface area (Å²) in [6.45, 7) is 11.4. The maximum atomic E-state index is 12.7. The zero-order valence-electron chi connectivity index (χ0n) is 18.0. The second-order valence-electron chi connectivity index (χ2n) is 8.48. The fraction of sp³-hybridized carbons (Fsp3) is 0.609. The van der Waals surface area contributed by atoms with E-state index in [1.54, 1.807) is 0 Å². The largest absolute Gasteiger partial charge is 0.387 e. The number of aliphatic hydroxyl groups is 1. The molecule has 0 saturated carbocycles. The number of aromatic nitrogens is 1. The van der Waals surface area contributed by atoms with Crippen molar-refractivity contribution in [1.29, 1.82) is 0 Å². The average Bonchev–Trinajstić information content (AvgIpc) is 3.09. The number of benzene rings is 1. The highest BCUT2D eigenvalue weighted by molar-refractivity contribution is 5.90. The van der Waals surface area contributed by atoms with Gasteiger partial charge in [0.25, 0.3) is 0 Å². The number of nitrogens with one attached hydrogen (secondary N) is 2. The molecule has 0 radical (unpaired) electrons. The van der Waals surface area contributed by atoms with Crippen LogP contribution in [0.4, 0.5) is 4.79 Å². The van der Waals surface area contributed by atoms with E-state index in [-0.39, 0.29) is 12.1 Å². The average molecular weight is 399 g/mol. The fourth-order valence-corrected chi connectivity index (χ4v) is 5.51. The molecule has 0 bridgehead atoms. The predicted octanol–water partition coefficient (Wildman–Crippen LogP) is 3.38. The molecule has 29 heavy (non-hydrogen) atoms. The van der Waals surface area contributed by atoms with E-state index in [9.17, 15) is 9.90 Å².